The molecule has 5 nitrogen and oxygen atoms in total. The monoisotopic (exact) mass is 211 g/mol. The van der Waals surface area contributed by atoms with E-state index in [4.69, 9.17) is 5.11 Å². The fourth-order valence-corrected chi connectivity index (χ4v) is 1.45. The molecule has 0 saturated carbocycles. The van der Waals surface area contributed by atoms with E-state index in [-0.39, 0.29) is 12.5 Å². The van der Waals surface area contributed by atoms with Crippen LogP contribution in [0.15, 0.2) is 6.20 Å². The molecule has 0 aliphatic heterocycles. The molecular weight excluding hydrogens is 194 g/mol. The van der Waals surface area contributed by atoms with Crippen molar-refractivity contribution in [3.05, 3.63) is 17.5 Å². The van der Waals surface area contributed by atoms with E-state index >= 15 is 0 Å². The second-order valence-corrected chi connectivity index (χ2v) is 3.63. The summed E-state index contributed by atoms with van der Waals surface area (Å²) >= 11 is 0. The average Bonchev–Trinajstić information content (AvgIpc) is 2.47. The minimum atomic E-state index is -0.780. The SMILES string of the molecule is Cc1c(C(C)NCCC(=O)O)cnn1C. The Balaban J connectivity index is 2.50. The van der Waals surface area contributed by atoms with Crippen LogP contribution < -0.4 is 5.32 Å². The first kappa shape index (κ1) is 11.7. The quantitative estimate of drug-likeness (QED) is 0.757. The van der Waals surface area contributed by atoms with Gasteiger partial charge in [-0.2, -0.15) is 5.10 Å². The van der Waals surface area contributed by atoms with Crippen LogP contribution in [0.4, 0.5) is 0 Å². The van der Waals surface area contributed by atoms with Crippen LogP contribution in [0, 0.1) is 6.92 Å². The van der Waals surface area contributed by atoms with Gasteiger partial charge in [0.25, 0.3) is 0 Å². The number of aryl methyl sites for hydroxylation is 1. The summed E-state index contributed by atoms with van der Waals surface area (Å²) < 4.78 is 1.81. The molecule has 0 aliphatic rings. The van der Waals surface area contributed by atoms with Gasteiger partial charge in [-0.25, -0.2) is 0 Å². The van der Waals surface area contributed by atoms with Crippen molar-refractivity contribution >= 4 is 5.97 Å². The zero-order chi connectivity index (χ0) is 11.4. The molecule has 1 unspecified atom stereocenters. The Labute approximate surface area is 89.1 Å². The zero-order valence-corrected chi connectivity index (χ0v) is 9.32. The maximum absolute atomic E-state index is 10.3. The number of hydrogen-bond donors (Lipinski definition) is 2. The molecule has 1 atom stereocenters. The highest BCUT2D eigenvalue weighted by Crippen LogP contribution is 2.15. The molecule has 0 aromatic carbocycles. The van der Waals surface area contributed by atoms with Gasteiger partial charge < -0.3 is 10.4 Å². The van der Waals surface area contributed by atoms with E-state index < -0.39 is 5.97 Å². The maximum Gasteiger partial charge on any atom is 0.304 e. The normalized spacial score (nSPS) is 12.7. The van der Waals surface area contributed by atoms with Crippen LogP contribution in [0.2, 0.25) is 0 Å². The Morgan fingerprint density at radius 1 is 1.73 bits per heavy atom. The van der Waals surface area contributed by atoms with Crippen molar-refractivity contribution in [3.63, 3.8) is 0 Å². The highest BCUT2D eigenvalue weighted by molar-refractivity contribution is 5.66. The number of aromatic nitrogens is 2. The number of nitrogens with one attached hydrogen (secondary N) is 1. The van der Waals surface area contributed by atoms with Crippen molar-refractivity contribution in [2.75, 3.05) is 6.54 Å². The van der Waals surface area contributed by atoms with Crippen LogP contribution in [0.1, 0.15) is 30.6 Å². The third-order valence-corrected chi connectivity index (χ3v) is 2.53. The fraction of sp³-hybridized carbons (Fsp3) is 0.600. The van der Waals surface area contributed by atoms with E-state index in [2.05, 4.69) is 10.4 Å². The molecule has 5 heteroatoms. The summed E-state index contributed by atoms with van der Waals surface area (Å²) in [7, 11) is 1.89. The maximum atomic E-state index is 10.3. The van der Waals surface area contributed by atoms with Crippen LogP contribution in [-0.2, 0) is 11.8 Å². The number of aliphatic carboxylic acids is 1. The number of carbonyl (C=O) groups is 1. The molecule has 84 valence electrons. The molecule has 0 radical (unpaired) electrons. The lowest BCUT2D eigenvalue weighted by molar-refractivity contribution is -0.136. The fourth-order valence-electron chi connectivity index (χ4n) is 1.45. The van der Waals surface area contributed by atoms with Crippen LogP contribution in [-0.4, -0.2) is 27.4 Å². The van der Waals surface area contributed by atoms with Gasteiger partial charge in [0, 0.05) is 30.9 Å². The van der Waals surface area contributed by atoms with Gasteiger partial charge in [0.15, 0.2) is 0 Å². The lowest BCUT2D eigenvalue weighted by Gasteiger charge is -2.12. The summed E-state index contributed by atoms with van der Waals surface area (Å²) in [6, 6.07) is 0.137. The topological polar surface area (TPSA) is 67.2 Å². The van der Waals surface area contributed by atoms with Gasteiger partial charge in [-0.15, -0.1) is 0 Å². The van der Waals surface area contributed by atoms with Crippen LogP contribution >= 0.6 is 0 Å². The highest BCUT2D eigenvalue weighted by Gasteiger charge is 2.11. The molecule has 2 N–H and O–H groups in total. The van der Waals surface area contributed by atoms with Gasteiger partial charge in [0.1, 0.15) is 0 Å². The van der Waals surface area contributed by atoms with Gasteiger partial charge in [-0.05, 0) is 13.8 Å². The second kappa shape index (κ2) is 4.93. The number of hydrogen-bond acceptors (Lipinski definition) is 3. The van der Waals surface area contributed by atoms with Gasteiger partial charge in [0.2, 0.25) is 0 Å². The molecule has 0 amide bonds. The van der Waals surface area contributed by atoms with Crippen molar-refractivity contribution in [1.82, 2.24) is 15.1 Å². The van der Waals surface area contributed by atoms with Crippen molar-refractivity contribution in [3.8, 4) is 0 Å². The summed E-state index contributed by atoms with van der Waals surface area (Å²) in [4.78, 5) is 10.3. The van der Waals surface area contributed by atoms with Crippen LogP contribution in [0.5, 0.6) is 0 Å². The number of carboxylic acid groups (broad SMARTS) is 1. The van der Waals surface area contributed by atoms with Gasteiger partial charge in [-0.1, -0.05) is 0 Å². The van der Waals surface area contributed by atoms with E-state index in [0.717, 1.165) is 11.3 Å². The van der Waals surface area contributed by atoms with Crippen LogP contribution in [0.3, 0.4) is 0 Å². The zero-order valence-electron chi connectivity index (χ0n) is 9.32. The third kappa shape index (κ3) is 3.06. The Morgan fingerprint density at radius 2 is 2.40 bits per heavy atom. The first-order valence-corrected chi connectivity index (χ1v) is 4.96. The van der Waals surface area contributed by atoms with Crippen LogP contribution in [0.25, 0.3) is 0 Å². The Kier molecular flexibility index (Phi) is 3.85. The van der Waals surface area contributed by atoms with E-state index in [1.54, 1.807) is 0 Å². The minimum absolute atomic E-state index is 0.137. The summed E-state index contributed by atoms with van der Waals surface area (Å²) in [5, 5.41) is 15.8. The predicted molar refractivity (Wildman–Crippen MR) is 56.6 cm³/mol. The van der Waals surface area contributed by atoms with E-state index in [9.17, 15) is 4.79 Å². The van der Waals surface area contributed by atoms with Crippen molar-refractivity contribution in [2.45, 2.75) is 26.3 Å². The lowest BCUT2D eigenvalue weighted by Crippen LogP contribution is -2.22. The molecular formula is C10H17N3O2. The Morgan fingerprint density at radius 3 is 2.87 bits per heavy atom. The van der Waals surface area contributed by atoms with E-state index in [1.807, 2.05) is 31.8 Å². The van der Waals surface area contributed by atoms with Gasteiger partial charge in [-0.3, -0.25) is 9.48 Å². The smallest absolute Gasteiger partial charge is 0.304 e. The molecule has 0 spiro atoms. The molecule has 1 aromatic heterocycles. The standard InChI is InChI=1S/C10H17N3O2/c1-7(11-5-4-10(14)15)9-6-12-13(3)8(9)2/h6-7,11H,4-5H2,1-3H3,(H,14,15). The highest BCUT2D eigenvalue weighted by atomic mass is 16.4. The predicted octanol–water partition coefficient (Wildman–Crippen LogP) is 0.854. The Hall–Kier alpha value is -1.36. The van der Waals surface area contributed by atoms with Crippen molar-refractivity contribution in [1.29, 1.82) is 0 Å². The number of rotatable bonds is 5. The molecule has 1 heterocycles. The number of nitrogens with zero attached hydrogens (tertiary/aromatic N) is 2. The Bertz CT molecular complexity index is 346. The summed E-state index contributed by atoms with van der Waals surface area (Å²) in [6.45, 7) is 4.48. The van der Waals surface area contributed by atoms with Gasteiger partial charge >= 0.3 is 5.97 Å². The number of carboxylic acids is 1. The third-order valence-electron chi connectivity index (χ3n) is 2.53. The van der Waals surface area contributed by atoms with E-state index in [0.29, 0.717) is 6.54 Å². The molecule has 0 saturated heterocycles. The molecule has 15 heavy (non-hydrogen) atoms. The first-order valence-electron chi connectivity index (χ1n) is 4.96. The summed E-state index contributed by atoms with van der Waals surface area (Å²) in [5.41, 5.74) is 2.22. The molecule has 0 aliphatic carbocycles. The first-order chi connectivity index (χ1) is 7.02. The largest absolute Gasteiger partial charge is 0.481 e. The molecule has 1 rings (SSSR count). The van der Waals surface area contributed by atoms with Crippen molar-refractivity contribution in [2.24, 2.45) is 7.05 Å². The second-order valence-electron chi connectivity index (χ2n) is 3.63. The molecule has 0 bridgehead atoms. The van der Waals surface area contributed by atoms with E-state index in [1.165, 1.54) is 0 Å². The minimum Gasteiger partial charge on any atom is -0.481 e. The molecule has 0 fully saturated rings. The lowest BCUT2D eigenvalue weighted by atomic mass is 10.1. The molecule has 1 aromatic rings. The van der Waals surface area contributed by atoms with Crippen molar-refractivity contribution < 1.29 is 9.90 Å². The summed E-state index contributed by atoms with van der Waals surface area (Å²) in [6.07, 6.45) is 1.96. The summed E-state index contributed by atoms with van der Waals surface area (Å²) in [5.74, 6) is -0.780. The average molecular weight is 211 g/mol. The van der Waals surface area contributed by atoms with Gasteiger partial charge in [0.05, 0.1) is 12.6 Å².